The molecule has 4 rings (SSSR count). The van der Waals surface area contributed by atoms with Crippen LogP contribution in [-0.4, -0.2) is 94.0 Å². The third kappa shape index (κ3) is 7.48. The second-order valence-corrected chi connectivity index (χ2v) is 10.6. The normalized spacial score (nSPS) is 13.9. The number of rotatable bonds is 11. The Bertz CT molecular complexity index is 1410. The van der Waals surface area contributed by atoms with Crippen LogP contribution in [0.25, 0.3) is 0 Å². The van der Waals surface area contributed by atoms with Crippen LogP contribution in [0.2, 0.25) is 0 Å². The van der Waals surface area contributed by atoms with E-state index < -0.39 is 22.7 Å². The Morgan fingerprint density at radius 3 is 2.23 bits per heavy atom. The van der Waals surface area contributed by atoms with E-state index in [9.17, 15) is 18.0 Å². The van der Waals surface area contributed by atoms with Gasteiger partial charge in [0.15, 0.2) is 22.3 Å². The highest BCUT2D eigenvalue weighted by atomic mass is 32.1. The second kappa shape index (κ2) is 13.5. The van der Waals surface area contributed by atoms with E-state index in [0.29, 0.717) is 59.9 Å². The Labute approximate surface area is 251 Å². The standard InChI is InChI=1S/C27H34F3N7O5S/c1-7-42-24(38)22-23(27(28,29)30)33-26(43-22)34-25-31-19(14-20(32-25)37-10-8-35(2)9-11-37)36(3)15-16-12-17(39-4)21(41-6)18(13-16)40-5/h12-14H,7-11,15H2,1-6H3,(H,31,32,33,34). The van der Waals surface area contributed by atoms with Crippen molar-refractivity contribution in [2.45, 2.75) is 19.6 Å². The molecule has 0 saturated carbocycles. The number of benzene rings is 1. The number of carbonyl (C=O) groups excluding carboxylic acids is 1. The van der Waals surface area contributed by atoms with E-state index >= 15 is 0 Å². The number of nitrogens with zero attached hydrogens (tertiary/aromatic N) is 6. The molecule has 0 unspecified atom stereocenters. The van der Waals surface area contributed by atoms with E-state index in [2.05, 4.69) is 30.1 Å². The number of nitrogens with one attached hydrogen (secondary N) is 1. The zero-order valence-electron chi connectivity index (χ0n) is 24.7. The number of halogens is 3. The minimum Gasteiger partial charge on any atom is -0.493 e. The van der Waals surface area contributed by atoms with Crippen molar-refractivity contribution in [3.63, 3.8) is 0 Å². The lowest BCUT2D eigenvalue weighted by Crippen LogP contribution is -2.45. The Kier molecular flexibility index (Phi) is 10.0. The largest absolute Gasteiger partial charge is 0.493 e. The smallest absolute Gasteiger partial charge is 0.435 e. The number of hydrogen-bond donors (Lipinski definition) is 1. The van der Waals surface area contributed by atoms with Gasteiger partial charge in [-0.2, -0.15) is 23.1 Å². The molecule has 1 aliphatic rings. The van der Waals surface area contributed by atoms with Crippen LogP contribution in [0.5, 0.6) is 17.2 Å². The lowest BCUT2D eigenvalue weighted by molar-refractivity contribution is -0.141. The molecule has 1 aromatic carbocycles. The van der Waals surface area contributed by atoms with E-state index in [1.807, 2.05) is 37.2 Å². The molecule has 0 aliphatic carbocycles. The average Bonchev–Trinajstić information content (AvgIpc) is 3.41. The van der Waals surface area contributed by atoms with Gasteiger partial charge in [0.2, 0.25) is 11.7 Å². The van der Waals surface area contributed by atoms with Gasteiger partial charge in [-0.15, -0.1) is 0 Å². The fourth-order valence-corrected chi connectivity index (χ4v) is 5.32. The molecule has 234 valence electrons. The summed E-state index contributed by atoms with van der Waals surface area (Å²) in [7, 11) is 8.45. The van der Waals surface area contributed by atoms with Crippen molar-refractivity contribution in [1.29, 1.82) is 0 Å². The van der Waals surface area contributed by atoms with Crippen LogP contribution in [0.4, 0.5) is 35.9 Å². The highest BCUT2D eigenvalue weighted by molar-refractivity contribution is 7.17. The van der Waals surface area contributed by atoms with Crippen LogP contribution in [0.3, 0.4) is 0 Å². The first-order valence-electron chi connectivity index (χ1n) is 13.3. The van der Waals surface area contributed by atoms with Gasteiger partial charge in [0.05, 0.1) is 27.9 Å². The third-order valence-electron chi connectivity index (χ3n) is 6.64. The summed E-state index contributed by atoms with van der Waals surface area (Å²) in [4.78, 5) is 30.6. The predicted octanol–water partition coefficient (Wildman–Crippen LogP) is 4.29. The van der Waals surface area contributed by atoms with E-state index in [0.717, 1.165) is 18.7 Å². The summed E-state index contributed by atoms with van der Waals surface area (Å²) < 4.78 is 62.3. The van der Waals surface area contributed by atoms with Crippen molar-refractivity contribution < 1.29 is 36.9 Å². The number of piperazine rings is 1. The molecule has 43 heavy (non-hydrogen) atoms. The molecule has 0 amide bonds. The first-order chi connectivity index (χ1) is 20.5. The maximum Gasteiger partial charge on any atom is 0.435 e. The third-order valence-corrected chi connectivity index (χ3v) is 7.59. The molecule has 1 aliphatic heterocycles. The van der Waals surface area contributed by atoms with Crippen molar-refractivity contribution in [2.75, 3.05) is 83.3 Å². The number of esters is 1. The zero-order chi connectivity index (χ0) is 31.3. The number of ether oxygens (including phenoxy) is 4. The molecule has 0 bridgehead atoms. The lowest BCUT2D eigenvalue weighted by atomic mass is 10.1. The van der Waals surface area contributed by atoms with Crippen molar-refractivity contribution in [3.8, 4) is 17.2 Å². The van der Waals surface area contributed by atoms with Crippen LogP contribution in [0, 0.1) is 0 Å². The van der Waals surface area contributed by atoms with E-state index in [-0.39, 0.29) is 17.7 Å². The molecule has 12 nitrogen and oxygen atoms in total. The number of alkyl halides is 3. The molecule has 1 N–H and O–H groups in total. The van der Waals surface area contributed by atoms with Crippen LogP contribution < -0.4 is 29.3 Å². The van der Waals surface area contributed by atoms with E-state index in [1.54, 1.807) is 0 Å². The summed E-state index contributed by atoms with van der Waals surface area (Å²) in [5.74, 6) is 1.48. The van der Waals surface area contributed by atoms with Gasteiger partial charge in [-0.05, 0) is 31.7 Å². The van der Waals surface area contributed by atoms with Gasteiger partial charge in [-0.25, -0.2) is 9.78 Å². The summed E-state index contributed by atoms with van der Waals surface area (Å²) in [6.07, 6.45) is -4.85. The number of aromatic nitrogens is 3. The fraction of sp³-hybridized carbons (Fsp3) is 0.481. The molecule has 0 atom stereocenters. The minimum atomic E-state index is -4.85. The Balaban J connectivity index is 1.70. The molecular formula is C27H34F3N7O5S. The van der Waals surface area contributed by atoms with Crippen molar-refractivity contribution in [2.24, 2.45) is 0 Å². The van der Waals surface area contributed by atoms with Gasteiger partial charge in [0.1, 0.15) is 16.5 Å². The van der Waals surface area contributed by atoms with Gasteiger partial charge in [0.25, 0.3) is 0 Å². The lowest BCUT2D eigenvalue weighted by Gasteiger charge is -2.33. The minimum absolute atomic E-state index is 0.0288. The van der Waals surface area contributed by atoms with Gasteiger partial charge in [0, 0.05) is 45.8 Å². The first kappa shape index (κ1) is 31.9. The van der Waals surface area contributed by atoms with Gasteiger partial charge in [-0.1, -0.05) is 11.3 Å². The summed E-state index contributed by atoms with van der Waals surface area (Å²) in [5, 5.41) is 2.60. The average molecular weight is 626 g/mol. The fourth-order valence-electron chi connectivity index (χ4n) is 4.45. The number of likely N-dealkylation sites (N-methyl/N-ethyl adjacent to an activating group) is 1. The maximum atomic E-state index is 13.7. The van der Waals surface area contributed by atoms with E-state index in [4.69, 9.17) is 18.9 Å². The van der Waals surface area contributed by atoms with Gasteiger partial charge >= 0.3 is 12.1 Å². The van der Waals surface area contributed by atoms with Crippen molar-refractivity contribution in [1.82, 2.24) is 19.9 Å². The summed E-state index contributed by atoms with van der Waals surface area (Å²) in [5.41, 5.74) is -0.492. The molecule has 1 saturated heterocycles. The predicted molar refractivity (Wildman–Crippen MR) is 156 cm³/mol. The Hall–Kier alpha value is -4.05. The van der Waals surface area contributed by atoms with Gasteiger partial charge < -0.3 is 33.6 Å². The van der Waals surface area contributed by atoms with Crippen LogP contribution >= 0.6 is 11.3 Å². The Morgan fingerprint density at radius 2 is 1.67 bits per heavy atom. The molecule has 2 aromatic heterocycles. The molecule has 1 fully saturated rings. The molecule has 3 aromatic rings. The summed E-state index contributed by atoms with van der Waals surface area (Å²) >= 11 is 0.529. The summed E-state index contributed by atoms with van der Waals surface area (Å²) in [6, 6.07) is 5.47. The van der Waals surface area contributed by atoms with Gasteiger partial charge in [-0.3, -0.25) is 5.32 Å². The maximum absolute atomic E-state index is 13.7. The highest BCUT2D eigenvalue weighted by Gasteiger charge is 2.40. The second-order valence-electron chi connectivity index (χ2n) is 9.63. The monoisotopic (exact) mass is 625 g/mol. The van der Waals surface area contributed by atoms with Crippen LogP contribution in [0.15, 0.2) is 18.2 Å². The number of methoxy groups -OCH3 is 3. The molecule has 3 heterocycles. The molecule has 0 spiro atoms. The zero-order valence-corrected chi connectivity index (χ0v) is 25.6. The van der Waals surface area contributed by atoms with Crippen molar-refractivity contribution >= 4 is 40.0 Å². The number of hydrogen-bond acceptors (Lipinski definition) is 13. The number of thiazole rings is 1. The summed E-state index contributed by atoms with van der Waals surface area (Å²) in [6.45, 7) is 4.84. The first-order valence-corrected chi connectivity index (χ1v) is 14.1. The van der Waals surface area contributed by atoms with Crippen LogP contribution in [0.1, 0.15) is 27.9 Å². The SMILES string of the molecule is CCOC(=O)c1sc(Nc2nc(N(C)Cc3cc(OC)c(OC)c(OC)c3)cc(N3CCN(C)CC3)n2)nc1C(F)(F)F. The molecule has 0 radical (unpaired) electrons. The highest BCUT2D eigenvalue weighted by Crippen LogP contribution is 2.39. The topological polar surface area (TPSA) is 114 Å². The Morgan fingerprint density at radius 1 is 1.02 bits per heavy atom. The quantitative estimate of drug-likeness (QED) is 0.307. The molecule has 16 heteroatoms. The number of anilines is 4. The van der Waals surface area contributed by atoms with Crippen molar-refractivity contribution in [3.05, 3.63) is 34.3 Å². The number of carbonyl (C=O) groups is 1. The van der Waals surface area contributed by atoms with Crippen LogP contribution in [-0.2, 0) is 17.5 Å². The van der Waals surface area contributed by atoms with E-state index in [1.165, 1.54) is 28.3 Å². The molecular weight excluding hydrogens is 591 g/mol.